The van der Waals surface area contributed by atoms with E-state index in [1.165, 1.54) is 0 Å². The summed E-state index contributed by atoms with van der Waals surface area (Å²) < 4.78 is 11.1. The Kier molecular flexibility index (Phi) is 5.26. The Labute approximate surface area is 113 Å². The molecule has 0 bridgehead atoms. The maximum atomic E-state index is 5.89. The first-order valence-electron chi connectivity index (χ1n) is 6.58. The van der Waals surface area contributed by atoms with Crippen LogP contribution in [-0.4, -0.2) is 24.8 Å². The van der Waals surface area contributed by atoms with Gasteiger partial charge in [-0.3, -0.25) is 0 Å². The van der Waals surface area contributed by atoms with Crippen LogP contribution in [0.3, 0.4) is 0 Å². The van der Waals surface area contributed by atoms with E-state index in [9.17, 15) is 0 Å². The number of hydrogen-bond acceptors (Lipinski definition) is 3. The second kappa shape index (κ2) is 6.95. The second-order valence-electron chi connectivity index (χ2n) is 4.73. The zero-order chi connectivity index (χ0) is 12.8. The zero-order valence-corrected chi connectivity index (χ0v) is 11.6. The predicted molar refractivity (Wildman–Crippen MR) is 72.2 cm³/mol. The van der Waals surface area contributed by atoms with Gasteiger partial charge < -0.3 is 9.47 Å². The van der Waals surface area contributed by atoms with E-state index in [2.05, 4.69) is 18.0 Å². The van der Waals surface area contributed by atoms with Crippen LogP contribution in [0.5, 0.6) is 5.88 Å². The SMILES string of the molecule is CCCc1cc(CCl)cc(OCC2CCOC2)n1. The fourth-order valence-electron chi connectivity index (χ4n) is 2.07. The van der Waals surface area contributed by atoms with Crippen molar-refractivity contribution in [1.29, 1.82) is 0 Å². The van der Waals surface area contributed by atoms with Crippen LogP contribution in [0.15, 0.2) is 12.1 Å². The van der Waals surface area contributed by atoms with Crippen LogP contribution >= 0.6 is 11.6 Å². The standard InChI is InChI=1S/C14H20ClNO2/c1-2-3-13-6-12(8-15)7-14(16-13)18-10-11-4-5-17-9-11/h6-7,11H,2-5,8-10H2,1H3. The third-order valence-electron chi connectivity index (χ3n) is 3.07. The summed E-state index contributed by atoms with van der Waals surface area (Å²) in [5.74, 6) is 1.70. The Morgan fingerprint density at radius 2 is 2.39 bits per heavy atom. The maximum absolute atomic E-state index is 5.89. The highest BCUT2D eigenvalue weighted by molar-refractivity contribution is 6.17. The normalized spacial score (nSPS) is 19.1. The van der Waals surface area contributed by atoms with Gasteiger partial charge in [0.05, 0.1) is 13.2 Å². The van der Waals surface area contributed by atoms with Crippen LogP contribution in [0.25, 0.3) is 0 Å². The second-order valence-corrected chi connectivity index (χ2v) is 5.00. The number of aryl methyl sites for hydroxylation is 1. The number of rotatable bonds is 6. The molecule has 1 aliphatic rings. The van der Waals surface area contributed by atoms with Crippen molar-refractivity contribution in [2.45, 2.75) is 32.1 Å². The molecule has 1 aliphatic heterocycles. The molecule has 2 heterocycles. The minimum absolute atomic E-state index is 0.501. The molecule has 3 nitrogen and oxygen atoms in total. The van der Waals surface area contributed by atoms with Gasteiger partial charge in [-0.2, -0.15) is 0 Å². The molecule has 1 aromatic heterocycles. The van der Waals surface area contributed by atoms with E-state index in [4.69, 9.17) is 21.1 Å². The number of hydrogen-bond donors (Lipinski definition) is 0. The van der Waals surface area contributed by atoms with Gasteiger partial charge in [0.25, 0.3) is 0 Å². The average molecular weight is 270 g/mol. The first-order valence-corrected chi connectivity index (χ1v) is 7.11. The van der Waals surface area contributed by atoms with Crippen LogP contribution < -0.4 is 4.74 Å². The Morgan fingerprint density at radius 3 is 3.06 bits per heavy atom. The van der Waals surface area contributed by atoms with Gasteiger partial charge in [-0.25, -0.2) is 4.98 Å². The summed E-state index contributed by atoms with van der Waals surface area (Å²) in [7, 11) is 0. The molecule has 1 unspecified atom stereocenters. The molecule has 0 spiro atoms. The van der Waals surface area contributed by atoms with Crippen molar-refractivity contribution >= 4 is 11.6 Å². The molecule has 0 amide bonds. The number of aromatic nitrogens is 1. The van der Waals surface area contributed by atoms with Gasteiger partial charge in [0, 0.05) is 30.2 Å². The van der Waals surface area contributed by atoms with Crippen molar-refractivity contribution in [3.05, 3.63) is 23.4 Å². The van der Waals surface area contributed by atoms with Crippen molar-refractivity contribution in [2.75, 3.05) is 19.8 Å². The van der Waals surface area contributed by atoms with Crippen LogP contribution in [0.1, 0.15) is 31.0 Å². The molecule has 1 aromatic rings. The van der Waals surface area contributed by atoms with Crippen molar-refractivity contribution < 1.29 is 9.47 Å². The first kappa shape index (κ1) is 13.6. The van der Waals surface area contributed by atoms with Crippen molar-refractivity contribution in [1.82, 2.24) is 4.98 Å². The molecule has 0 N–H and O–H groups in total. The number of nitrogens with zero attached hydrogens (tertiary/aromatic N) is 1. The van der Waals surface area contributed by atoms with E-state index in [1.54, 1.807) is 0 Å². The topological polar surface area (TPSA) is 31.4 Å². The molecule has 1 saturated heterocycles. The molecule has 0 radical (unpaired) electrons. The lowest BCUT2D eigenvalue weighted by atomic mass is 10.1. The lowest BCUT2D eigenvalue weighted by molar-refractivity contribution is 0.165. The molecular formula is C14H20ClNO2. The monoisotopic (exact) mass is 269 g/mol. The first-order chi connectivity index (χ1) is 8.81. The van der Waals surface area contributed by atoms with E-state index in [0.717, 1.165) is 43.7 Å². The third kappa shape index (κ3) is 3.85. The summed E-state index contributed by atoms with van der Waals surface area (Å²) >= 11 is 5.89. The van der Waals surface area contributed by atoms with E-state index in [0.29, 0.717) is 24.3 Å². The van der Waals surface area contributed by atoms with Gasteiger partial charge in [0.15, 0.2) is 0 Å². The molecule has 4 heteroatoms. The number of ether oxygens (including phenoxy) is 2. The Bertz CT molecular complexity index is 378. The van der Waals surface area contributed by atoms with E-state index in [-0.39, 0.29) is 0 Å². The minimum atomic E-state index is 0.501. The summed E-state index contributed by atoms with van der Waals surface area (Å²) in [5.41, 5.74) is 2.14. The third-order valence-corrected chi connectivity index (χ3v) is 3.37. The van der Waals surface area contributed by atoms with E-state index in [1.807, 2.05) is 6.07 Å². The molecule has 0 saturated carbocycles. The van der Waals surface area contributed by atoms with Crippen LogP contribution in [0.2, 0.25) is 0 Å². The van der Waals surface area contributed by atoms with Gasteiger partial charge in [-0.15, -0.1) is 11.6 Å². The van der Waals surface area contributed by atoms with Crippen LogP contribution in [0.4, 0.5) is 0 Å². The van der Waals surface area contributed by atoms with Gasteiger partial charge in [0.2, 0.25) is 5.88 Å². The van der Waals surface area contributed by atoms with Crippen molar-refractivity contribution in [3.63, 3.8) is 0 Å². The summed E-state index contributed by atoms with van der Waals surface area (Å²) in [6.45, 7) is 4.48. The molecule has 1 atom stereocenters. The average Bonchev–Trinajstić information content (AvgIpc) is 2.89. The van der Waals surface area contributed by atoms with Crippen LogP contribution in [-0.2, 0) is 17.0 Å². The molecule has 0 aliphatic carbocycles. The highest BCUT2D eigenvalue weighted by Crippen LogP contribution is 2.18. The summed E-state index contributed by atoms with van der Waals surface area (Å²) in [5, 5.41) is 0. The molecular weight excluding hydrogens is 250 g/mol. The minimum Gasteiger partial charge on any atom is -0.477 e. The molecule has 0 aromatic carbocycles. The molecule has 2 rings (SSSR count). The van der Waals surface area contributed by atoms with Gasteiger partial charge in [0.1, 0.15) is 0 Å². The molecule has 1 fully saturated rings. The number of halogens is 1. The highest BCUT2D eigenvalue weighted by atomic mass is 35.5. The Balaban J connectivity index is 1.98. The van der Waals surface area contributed by atoms with E-state index >= 15 is 0 Å². The lowest BCUT2D eigenvalue weighted by Gasteiger charge is -2.11. The summed E-state index contributed by atoms with van der Waals surface area (Å²) in [4.78, 5) is 4.51. The van der Waals surface area contributed by atoms with Crippen molar-refractivity contribution in [2.24, 2.45) is 5.92 Å². The Morgan fingerprint density at radius 1 is 1.50 bits per heavy atom. The fraction of sp³-hybridized carbons (Fsp3) is 0.643. The molecule has 18 heavy (non-hydrogen) atoms. The van der Waals surface area contributed by atoms with E-state index < -0.39 is 0 Å². The summed E-state index contributed by atoms with van der Waals surface area (Å²) in [6, 6.07) is 3.99. The quantitative estimate of drug-likeness (QED) is 0.744. The maximum Gasteiger partial charge on any atom is 0.213 e. The molecule has 100 valence electrons. The Hall–Kier alpha value is -0.800. The van der Waals surface area contributed by atoms with Crippen LogP contribution in [0, 0.1) is 5.92 Å². The van der Waals surface area contributed by atoms with Crippen molar-refractivity contribution in [3.8, 4) is 5.88 Å². The zero-order valence-electron chi connectivity index (χ0n) is 10.8. The largest absolute Gasteiger partial charge is 0.477 e. The van der Waals surface area contributed by atoms with Gasteiger partial charge in [-0.1, -0.05) is 13.3 Å². The number of pyridine rings is 1. The van der Waals surface area contributed by atoms with Gasteiger partial charge in [-0.05, 0) is 24.5 Å². The number of alkyl halides is 1. The predicted octanol–water partition coefficient (Wildman–Crippen LogP) is 3.19. The summed E-state index contributed by atoms with van der Waals surface area (Å²) in [6.07, 6.45) is 3.12. The highest BCUT2D eigenvalue weighted by Gasteiger charge is 2.16. The van der Waals surface area contributed by atoms with Gasteiger partial charge >= 0.3 is 0 Å². The lowest BCUT2D eigenvalue weighted by Crippen LogP contribution is -2.12. The smallest absolute Gasteiger partial charge is 0.213 e. The fourth-order valence-corrected chi connectivity index (χ4v) is 2.23.